The van der Waals surface area contributed by atoms with Gasteiger partial charge in [0.05, 0.1) is 58.5 Å². The van der Waals surface area contributed by atoms with E-state index in [-0.39, 0.29) is 23.7 Å². The number of halogens is 1. The number of rotatable bonds is 8. The molecule has 2 aliphatic rings. The second kappa shape index (κ2) is 12.9. The third-order valence-corrected chi connectivity index (χ3v) is 8.89. The Kier molecular flexibility index (Phi) is 8.78. The van der Waals surface area contributed by atoms with Crippen LogP contribution in [0.3, 0.4) is 0 Å². The predicted molar refractivity (Wildman–Crippen MR) is 165 cm³/mol. The summed E-state index contributed by atoms with van der Waals surface area (Å²) in [5, 5.41) is 3.60. The molecule has 226 valence electrons. The molecule has 10 nitrogen and oxygen atoms in total. The molecule has 1 saturated carbocycles. The molecule has 4 heterocycles. The molecule has 1 aliphatic carbocycles. The van der Waals surface area contributed by atoms with Crippen LogP contribution in [0.25, 0.3) is 16.7 Å². The third kappa shape index (κ3) is 6.46. The number of amides is 1. The zero-order valence-corrected chi connectivity index (χ0v) is 25.3. The number of para-hydroxylation sites is 2. The summed E-state index contributed by atoms with van der Waals surface area (Å²) in [6, 6.07) is 13.5. The van der Waals surface area contributed by atoms with Gasteiger partial charge in [-0.2, -0.15) is 0 Å². The maximum Gasteiger partial charge on any atom is 0.333 e. The number of aromatic nitrogens is 4. The second-order valence-electron chi connectivity index (χ2n) is 11.6. The molecule has 0 radical (unpaired) electrons. The summed E-state index contributed by atoms with van der Waals surface area (Å²) in [5.41, 5.74) is 3.52. The average Bonchev–Trinajstić information content (AvgIpc) is 3.29. The number of ether oxygens (including phenoxy) is 2. The lowest BCUT2D eigenvalue weighted by Gasteiger charge is -2.31. The second-order valence-corrected chi connectivity index (χ2v) is 12.0. The minimum atomic E-state index is -0.143. The summed E-state index contributed by atoms with van der Waals surface area (Å²) in [4.78, 5) is 37.6. The van der Waals surface area contributed by atoms with Crippen LogP contribution in [0.15, 0.2) is 59.7 Å². The van der Waals surface area contributed by atoms with E-state index < -0.39 is 0 Å². The number of morpholine rings is 1. The normalized spacial score (nSPS) is 21.1. The first-order chi connectivity index (χ1) is 20.9. The third-order valence-electron chi connectivity index (χ3n) is 8.68. The van der Waals surface area contributed by atoms with Gasteiger partial charge in [-0.3, -0.25) is 23.8 Å². The molecule has 43 heavy (non-hydrogen) atoms. The predicted octanol–water partition coefficient (Wildman–Crippen LogP) is 4.24. The number of carbonyl (C=O) groups excluding carboxylic acids is 1. The number of aryl methyl sites for hydroxylation is 1. The van der Waals surface area contributed by atoms with E-state index in [1.54, 1.807) is 30.0 Å². The minimum Gasteiger partial charge on any atom is -0.476 e. The molecule has 1 amide bonds. The van der Waals surface area contributed by atoms with Crippen molar-refractivity contribution in [3.05, 3.63) is 81.6 Å². The van der Waals surface area contributed by atoms with Gasteiger partial charge in [0, 0.05) is 31.4 Å². The Labute approximate surface area is 255 Å². The lowest BCUT2D eigenvalue weighted by atomic mass is 9.85. The highest BCUT2D eigenvalue weighted by Gasteiger charge is 2.26. The summed E-state index contributed by atoms with van der Waals surface area (Å²) in [6.45, 7) is 5.18. The number of fused-ring (bicyclic) bond motifs is 1. The minimum absolute atomic E-state index is 0.0815. The van der Waals surface area contributed by atoms with E-state index in [0.717, 1.165) is 49.9 Å². The van der Waals surface area contributed by atoms with E-state index in [1.807, 2.05) is 41.0 Å². The summed E-state index contributed by atoms with van der Waals surface area (Å²) in [6.07, 6.45) is 6.78. The van der Waals surface area contributed by atoms with Crippen molar-refractivity contribution in [1.82, 2.24) is 29.3 Å². The van der Waals surface area contributed by atoms with Crippen LogP contribution in [0.2, 0.25) is 5.02 Å². The number of imidazole rings is 1. The molecular formula is C32H37ClN6O4. The highest BCUT2D eigenvalue weighted by Crippen LogP contribution is 2.28. The molecule has 6 rings (SSSR count). The Hall–Kier alpha value is -3.73. The van der Waals surface area contributed by atoms with Gasteiger partial charge in [-0.15, -0.1) is 0 Å². The monoisotopic (exact) mass is 604 g/mol. The highest BCUT2D eigenvalue weighted by molar-refractivity contribution is 6.30. The fourth-order valence-electron chi connectivity index (χ4n) is 6.07. The molecule has 3 aromatic heterocycles. The smallest absolute Gasteiger partial charge is 0.333 e. The molecule has 1 saturated heterocycles. The molecule has 1 aliphatic heterocycles. The molecule has 0 unspecified atom stereocenters. The van der Waals surface area contributed by atoms with Gasteiger partial charge in [0.1, 0.15) is 6.61 Å². The van der Waals surface area contributed by atoms with Gasteiger partial charge in [0.2, 0.25) is 5.88 Å². The summed E-state index contributed by atoms with van der Waals surface area (Å²) < 4.78 is 15.1. The average molecular weight is 605 g/mol. The molecule has 1 N–H and O–H groups in total. The van der Waals surface area contributed by atoms with Gasteiger partial charge in [0.15, 0.2) is 0 Å². The fourth-order valence-corrected chi connectivity index (χ4v) is 6.23. The van der Waals surface area contributed by atoms with Crippen molar-refractivity contribution in [2.45, 2.75) is 51.2 Å². The van der Waals surface area contributed by atoms with E-state index >= 15 is 0 Å². The number of benzene rings is 1. The van der Waals surface area contributed by atoms with E-state index in [2.05, 4.69) is 27.2 Å². The molecule has 2 fully saturated rings. The molecule has 4 aromatic rings. The molecular weight excluding hydrogens is 568 g/mol. The molecule has 1 aromatic carbocycles. The van der Waals surface area contributed by atoms with Crippen molar-refractivity contribution in [2.75, 3.05) is 33.4 Å². The number of nitrogens with one attached hydrogen (secondary N) is 1. The van der Waals surface area contributed by atoms with Crippen LogP contribution in [0, 0.1) is 12.8 Å². The van der Waals surface area contributed by atoms with Crippen LogP contribution in [0.1, 0.15) is 41.7 Å². The largest absolute Gasteiger partial charge is 0.476 e. The van der Waals surface area contributed by atoms with Crippen LogP contribution >= 0.6 is 11.6 Å². The van der Waals surface area contributed by atoms with Gasteiger partial charge in [-0.25, -0.2) is 9.78 Å². The van der Waals surface area contributed by atoms with Gasteiger partial charge < -0.3 is 14.8 Å². The van der Waals surface area contributed by atoms with Crippen LogP contribution in [0.5, 0.6) is 5.88 Å². The Morgan fingerprint density at radius 1 is 1.09 bits per heavy atom. The first kappa shape index (κ1) is 29.3. The number of hydrogen-bond donors (Lipinski definition) is 1. The zero-order valence-electron chi connectivity index (χ0n) is 24.5. The van der Waals surface area contributed by atoms with Crippen LogP contribution < -0.4 is 15.7 Å². The number of hydrogen-bond acceptors (Lipinski definition) is 7. The molecule has 0 bridgehead atoms. The Morgan fingerprint density at radius 3 is 2.63 bits per heavy atom. The first-order valence-corrected chi connectivity index (χ1v) is 15.3. The van der Waals surface area contributed by atoms with Crippen molar-refractivity contribution >= 4 is 28.5 Å². The molecule has 11 heteroatoms. The maximum atomic E-state index is 13.8. The maximum absolute atomic E-state index is 13.8. The van der Waals surface area contributed by atoms with Crippen LogP contribution in [0.4, 0.5) is 0 Å². The van der Waals surface area contributed by atoms with Crippen molar-refractivity contribution in [2.24, 2.45) is 5.92 Å². The Bertz CT molecular complexity index is 1640. The van der Waals surface area contributed by atoms with Gasteiger partial charge in [-0.05, 0) is 69.8 Å². The van der Waals surface area contributed by atoms with E-state index in [0.29, 0.717) is 53.5 Å². The summed E-state index contributed by atoms with van der Waals surface area (Å²) in [7, 11) is 2.07. The lowest BCUT2D eigenvalue weighted by Crippen LogP contribution is -2.46. The quantitative estimate of drug-likeness (QED) is 0.321. The molecule has 0 spiro atoms. The Morgan fingerprint density at radius 2 is 1.88 bits per heavy atom. The topological polar surface area (TPSA) is 104 Å². The summed E-state index contributed by atoms with van der Waals surface area (Å²) in [5.74, 6) is 0.705. The van der Waals surface area contributed by atoms with Gasteiger partial charge in [-0.1, -0.05) is 23.7 Å². The van der Waals surface area contributed by atoms with Crippen LogP contribution in [-0.2, 0) is 11.3 Å². The lowest BCUT2D eigenvalue weighted by molar-refractivity contribution is -0.0113. The zero-order chi connectivity index (χ0) is 29.9. The summed E-state index contributed by atoms with van der Waals surface area (Å²) >= 11 is 6.06. The number of carbonyl (C=O) groups is 1. The number of likely N-dealkylation sites (N-methyl/N-ethyl adjacent to an activating group) is 1. The van der Waals surface area contributed by atoms with E-state index in [9.17, 15) is 9.59 Å². The first-order valence-electron chi connectivity index (χ1n) is 14.9. The fraction of sp³-hybridized carbons (Fsp3) is 0.438. The van der Waals surface area contributed by atoms with Gasteiger partial charge in [0.25, 0.3) is 5.91 Å². The number of nitrogens with zero attached hydrogens (tertiary/aromatic N) is 5. The van der Waals surface area contributed by atoms with Crippen LogP contribution in [-0.4, -0.2) is 75.4 Å². The van der Waals surface area contributed by atoms with Crippen molar-refractivity contribution < 1.29 is 14.3 Å². The van der Waals surface area contributed by atoms with Crippen molar-refractivity contribution in [3.63, 3.8) is 0 Å². The van der Waals surface area contributed by atoms with Gasteiger partial charge >= 0.3 is 5.69 Å². The SMILES string of the molecule is Cc1ncc(Cl)cc1C(=O)N[C@H]1CC[C@H](Cn2c(=O)n(-c3ccc(OC[C@@H]4COCCN4C)nc3)c3ccccc32)CC1. The standard InChI is InChI=1S/C32H37ClN6O4/c1-21-27(15-23(33)16-34-21)31(40)36-24-9-7-22(8-10-24)18-38-28-5-3-4-6-29(28)39(32(38)41)25-11-12-30(35-17-25)43-20-26-19-42-14-13-37(26)2/h3-6,11-12,15-17,22,24,26H,7-10,13-14,18-20H2,1-2H3,(H,36,40)/t22-,24-,26-/m0/s1. The Balaban J connectivity index is 1.12. The number of pyridine rings is 2. The van der Waals surface area contributed by atoms with E-state index in [1.165, 1.54) is 0 Å². The van der Waals surface area contributed by atoms with Crippen molar-refractivity contribution in [3.8, 4) is 11.6 Å². The van der Waals surface area contributed by atoms with E-state index in [4.69, 9.17) is 21.1 Å². The highest BCUT2D eigenvalue weighted by atomic mass is 35.5. The van der Waals surface area contributed by atoms with Crippen molar-refractivity contribution in [1.29, 1.82) is 0 Å². The molecule has 1 atom stereocenters.